The number of esters is 1. The predicted octanol–water partition coefficient (Wildman–Crippen LogP) is 3.44. The quantitative estimate of drug-likeness (QED) is 0.808. The van der Waals surface area contributed by atoms with E-state index in [1.165, 1.54) is 18.4 Å². The van der Waals surface area contributed by atoms with Crippen molar-refractivity contribution in [3.8, 4) is 5.75 Å². The molecular weight excluding hydrogens is 338 g/mol. The molecule has 1 N–H and O–H groups in total. The van der Waals surface area contributed by atoms with E-state index >= 15 is 0 Å². The van der Waals surface area contributed by atoms with E-state index in [0.717, 1.165) is 10.4 Å². The lowest BCUT2D eigenvalue weighted by atomic mass is 10.2. The van der Waals surface area contributed by atoms with Crippen molar-refractivity contribution in [1.82, 2.24) is 0 Å². The fraction of sp³-hybridized carbons (Fsp3) is 0.250. The molecule has 1 heterocycles. The Morgan fingerprint density at radius 1 is 1.35 bits per heavy atom. The van der Waals surface area contributed by atoms with E-state index in [0.29, 0.717) is 16.5 Å². The topological polar surface area (TPSA) is 64.6 Å². The van der Waals surface area contributed by atoms with Crippen molar-refractivity contribution in [2.45, 2.75) is 13.3 Å². The number of rotatable bonds is 6. The van der Waals surface area contributed by atoms with Gasteiger partial charge < -0.3 is 14.8 Å². The van der Waals surface area contributed by atoms with E-state index in [2.05, 4.69) is 5.32 Å². The average Bonchev–Trinajstić information content (AvgIpc) is 3.01. The molecular formula is C16H16ClNO4S. The number of carbonyl (C=O) groups is 2. The van der Waals surface area contributed by atoms with Crippen LogP contribution in [0.25, 0.3) is 0 Å². The zero-order valence-corrected chi connectivity index (χ0v) is 14.3. The molecule has 0 saturated heterocycles. The Morgan fingerprint density at radius 3 is 2.78 bits per heavy atom. The first kappa shape index (κ1) is 17.3. The monoisotopic (exact) mass is 353 g/mol. The Morgan fingerprint density at radius 2 is 2.13 bits per heavy atom. The van der Waals surface area contributed by atoms with Crippen LogP contribution in [0.4, 0.5) is 5.69 Å². The van der Waals surface area contributed by atoms with Gasteiger partial charge in [-0.3, -0.25) is 9.59 Å². The molecule has 7 heteroatoms. The smallest absolute Gasteiger partial charge is 0.311 e. The third kappa shape index (κ3) is 4.97. The first-order valence-corrected chi connectivity index (χ1v) is 8.07. The van der Waals surface area contributed by atoms with Crippen molar-refractivity contribution in [3.63, 3.8) is 0 Å². The number of halogens is 1. The number of thiophene rings is 1. The first-order valence-electron chi connectivity index (χ1n) is 6.81. The predicted molar refractivity (Wildman–Crippen MR) is 90.4 cm³/mol. The molecule has 0 aliphatic carbocycles. The molecule has 0 saturated carbocycles. The SMILES string of the molecule is COc1cc(Cl)c(C)cc1NC(=O)COC(=O)Cc1cccs1. The molecule has 0 aliphatic rings. The number of carbonyl (C=O) groups excluding carboxylic acids is 2. The summed E-state index contributed by atoms with van der Waals surface area (Å²) in [6, 6.07) is 7.02. The van der Waals surface area contributed by atoms with Gasteiger partial charge in [-0.2, -0.15) is 0 Å². The summed E-state index contributed by atoms with van der Waals surface area (Å²) in [6.07, 6.45) is 0.161. The highest BCUT2D eigenvalue weighted by molar-refractivity contribution is 7.10. The molecule has 122 valence electrons. The van der Waals surface area contributed by atoms with Gasteiger partial charge in [0.1, 0.15) is 5.75 Å². The molecule has 0 bridgehead atoms. The lowest BCUT2D eigenvalue weighted by Crippen LogP contribution is -2.21. The standard InChI is InChI=1S/C16H16ClNO4S/c1-10-6-13(14(21-2)8-12(10)17)18-15(19)9-22-16(20)7-11-4-3-5-23-11/h3-6,8H,7,9H2,1-2H3,(H,18,19). The van der Waals surface area contributed by atoms with Crippen LogP contribution >= 0.6 is 22.9 Å². The van der Waals surface area contributed by atoms with Crippen molar-refractivity contribution in [2.24, 2.45) is 0 Å². The van der Waals surface area contributed by atoms with E-state index in [1.807, 2.05) is 24.4 Å². The second kappa shape index (κ2) is 7.99. The van der Waals surface area contributed by atoms with Gasteiger partial charge >= 0.3 is 5.97 Å². The minimum atomic E-state index is -0.443. The number of anilines is 1. The van der Waals surface area contributed by atoms with Crippen LogP contribution in [0.1, 0.15) is 10.4 Å². The fourth-order valence-electron chi connectivity index (χ4n) is 1.87. The number of hydrogen-bond acceptors (Lipinski definition) is 5. The third-order valence-electron chi connectivity index (χ3n) is 3.02. The van der Waals surface area contributed by atoms with Crippen LogP contribution in [0.15, 0.2) is 29.6 Å². The molecule has 0 spiro atoms. The number of hydrogen-bond donors (Lipinski definition) is 1. The van der Waals surface area contributed by atoms with E-state index < -0.39 is 11.9 Å². The maximum atomic E-state index is 11.9. The maximum Gasteiger partial charge on any atom is 0.311 e. The van der Waals surface area contributed by atoms with Crippen molar-refractivity contribution >= 4 is 40.5 Å². The maximum absolute atomic E-state index is 11.9. The Hall–Kier alpha value is -2.05. The number of nitrogens with one attached hydrogen (secondary N) is 1. The molecule has 0 atom stereocenters. The van der Waals surface area contributed by atoms with Gasteiger partial charge in [-0.15, -0.1) is 11.3 Å². The van der Waals surface area contributed by atoms with Crippen LogP contribution in [0, 0.1) is 6.92 Å². The van der Waals surface area contributed by atoms with Crippen LogP contribution < -0.4 is 10.1 Å². The molecule has 0 fully saturated rings. The third-order valence-corrected chi connectivity index (χ3v) is 4.30. The molecule has 1 amide bonds. The van der Waals surface area contributed by atoms with E-state index in [-0.39, 0.29) is 13.0 Å². The Balaban J connectivity index is 1.89. The summed E-state index contributed by atoms with van der Waals surface area (Å²) < 4.78 is 10.1. The van der Waals surface area contributed by atoms with Crippen LogP contribution in [0.2, 0.25) is 5.02 Å². The Bertz CT molecular complexity index is 700. The second-order valence-electron chi connectivity index (χ2n) is 4.77. The second-order valence-corrected chi connectivity index (χ2v) is 6.21. The average molecular weight is 354 g/mol. The zero-order chi connectivity index (χ0) is 16.8. The summed E-state index contributed by atoms with van der Waals surface area (Å²) in [5.41, 5.74) is 1.28. The van der Waals surface area contributed by atoms with Crippen molar-refractivity contribution in [3.05, 3.63) is 45.1 Å². The van der Waals surface area contributed by atoms with E-state index in [4.69, 9.17) is 21.1 Å². The van der Waals surface area contributed by atoms with Gasteiger partial charge in [0.15, 0.2) is 6.61 Å². The van der Waals surface area contributed by atoms with Gasteiger partial charge in [0, 0.05) is 16.0 Å². The van der Waals surface area contributed by atoms with Gasteiger partial charge in [0.2, 0.25) is 0 Å². The van der Waals surface area contributed by atoms with Gasteiger partial charge in [-0.05, 0) is 30.0 Å². The number of aryl methyl sites for hydroxylation is 1. The van der Waals surface area contributed by atoms with E-state index in [1.54, 1.807) is 12.1 Å². The molecule has 2 rings (SSSR count). The number of ether oxygens (including phenoxy) is 2. The van der Waals surface area contributed by atoms with Crippen molar-refractivity contribution in [1.29, 1.82) is 0 Å². The Kier molecular flexibility index (Phi) is 6.01. The lowest BCUT2D eigenvalue weighted by Gasteiger charge is -2.12. The van der Waals surface area contributed by atoms with Crippen LogP contribution in [0.5, 0.6) is 5.75 Å². The lowest BCUT2D eigenvalue weighted by molar-refractivity contribution is -0.146. The molecule has 0 aliphatic heterocycles. The first-order chi connectivity index (χ1) is 11.0. The van der Waals surface area contributed by atoms with E-state index in [9.17, 15) is 9.59 Å². The molecule has 23 heavy (non-hydrogen) atoms. The largest absolute Gasteiger partial charge is 0.495 e. The molecule has 1 aromatic carbocycles. The van der Waals surface area contributed by atoms with Crippen LogP contribution in [0.3, 0.4) is 0 Å². The zero-order valence-electron chi connectivity index (χ0n) is 12.7. The van der Waals surface area contributed by atoms with Crippen molar-refractivity contribution < 1.29 is 19.1 Å². The highest BCUT2D eigenvalue weighted by Crippen LogP contribution is 2.30. The normalized spacial score (nSPS) is 10.2. The minimum absolute atomic E-state index is 0.161. The van der Waals surface area contributed by atoms with Gasteiger partial charge in [-0.1, -0.05) is 17.7 Å². The van der Waals surface area contributed by atoms with Crippen molar-refractivity contribution in [2.75, 3.05) is 19.0 Å². The molecule has 2 aromatic rings. The summed E-state index contributed by atoms with van der Waals surface area (Å²) in [6.45, 7) is 1.47. The highest BCUT2D eigenvalue weighted by atomic mass is 35.5. The summed E-state index contributed by atoms with van der Waals surface area (Å²) in [5.74, 6) is -0.440. The number of amides is 1. The van der Waals surface area contributed by atoms with Gasteiger partial charge in [0.25, 0.3) is 5.91 Å². The summed E-state index contributed by atoms with van der Waals surface area (Å²) >= 11 is 7.48. The highest BCUT2D eigenvalue weighted by Gasteiger charge is 2.13. The summed E-state index contributed by atoms with van der Waals surface area (Å²) in [5, 5.41) is 5.07. The number of methoxy groups -OCH3 is 1. The number of benzene rings is 1. The van der Waals surface area contributed by atoms with Gasteiger partial charge in [0.05, 0.1) is 19.2 Å². The fourth-order valence-corrected chi connectivity index (χ4v) is 2.71. The molecule has 0 unspecified atom stereocenters. The van der Waals surface area contributed by atoms with Crippen LogP contribution in [-0.2, 0) is 20.7 Å². The molecule has 0 radical (unpaired) electrons. The van der Waals surface area contributed by atoms with Crippen LogP contribution in [-0.4, -0.2) is 25.6 Å². The Labute approximate surface area is 143 Å². The minimum Gasteiger partial charge on any atom is -0.495 e. The summed E-state index contributed by atoms with van der Waals surface area (Å²) in [4.78, 5) is 24.5. The molecule has 5 nitrogen and oxygen atoms in total. The molecule has 1 aromatic heterocycles. The summed E-state index contributed by atoms with van der Waals surface area (Å²) in [7, 11) is 1.48. The van der Waals surface area contributed by atoms with Gasteiger partial charge in [-0.25, -0.2) is 0 Å².